The first-order chi connectivity index (χ1) is 11.2. The van der Waals surface area contributed by atoms with E-state index in [4.69, 9.17) is 9.57 Å². The normalized spacial score (nSPS) is 24.5. The van der Waals surface area contributed by atoms with Crippen molar-refractivity contribution in [3.8, 4) is 5.75 Å². The molecule has 1 heterocycles. The second-order valence-electron chi connectivity index (χ2n) is 5.91. The third kappa shape index (κ3) is 3.00. The Hall–Kier alpha value is -2.17. The van der Waals surface area contributed by atoms with Crippen LogP contribution in [-0.2, 0) is 21.7 Å². The van der Waals surface area contributed by atoms with E-state index >= 15 is 0 Å². The molecule has 0 saturated carbocycles. The third-order valence-electron chi connectivity index (χ3n) is 4.30. The van der Waals surface area contributed by atoms with E-state index in [1.165, 1.54) is 0 Å². The number of hydrogen-bond acceptors (Lipinski definition) is 4. The number of carbonyl (C=O) groups is 1. The van der Waals surface area contributed by atoms with Gasteiger partial charge in [0.25, 0.3) is 0 Å². The zero-order chi connectivity index (χ0) is 16.3. The van der Waals surface area contributed by atoms with Crippen molar-refractivity contribution >= 4 is 6.29 Å². The molecule has 0 bridgehead atoms. The number of aldehydes is 1. The van der Waals surface area contributed by atoms with E-state index in [1.54, 1.807) is 7.11 Å². The number of rotatable bonds is 5. The van der Waals surface area contributed by atoms with Crippen molar-refractivity contribution in [1.82, 2.24) is 5.06 Å². The summed E-state index contributed by atoms with van der Waals surface area (Å²) >= 11 is 0. The summed E-state index contributed by atoms with van der Waals surface area (Å²) in [6.07, 6.45) is 1.63. The summed E-state index contributed by atoms with van der Waals surface area (Å²) < 4.78 is 5.21. The topological polar surface area (TPSA) is 38.8 Å². The molecule has 1 aliphatic rings. The van der Waals surface area contributed by atoms with Gasteiger partial charge in [-0.25, -0.2) is 0 Å². The minimum Gasteiger partial charge on any atom is -0.497 e. The molecule has 3 rings (SSSR count). The summed E-state index contributed by atoms with van der Waals surface area (Å²) in [5.74, 6) is 0.774. The van der Waals surface area contributed by atoms with Crippen LogP contribution in [0, 0.1) is 0 Å². The highest BCUT2D eigenvalue weighted by Gasteiger charge is 2.47. The van der Waals surface area contributed by atoms with Crippen molar-refractivity contribution in [2.75, 3.05) is 7.11 Å². The van der Waals surface area contributed by atoms with Gasteiger partial charge in [0.1, 0.15) is 17.6 Å². The largest absolute Gasteiger partial charge is 0.497 e. The maximum Gasteiger partial charge on any atom is 0.147 e. The fraction of sp³-hybridized carbons (Fsp3) is 0.316. The Morgan fingerprint density at radius 3 is 2.52 bits per heavy atom. The number of carbonyl (C=O) groups excluding carboxylic acids is 1. The molecule has 1 aliphatic heterocycles. The summed E-state index contributed by atoms with van der Waals surface area (Å²) in [6.45, 7) is 2.56. The molecule has 1 saturated heterocycles. The highest BCUT2D eigenvalue weighted by atomic mass is 16.7. The molecule has 23 heavy (non-hydrogen) atoms. The van der Waals surface area contributed by atoms with Crippen molar-refractivity contribution in [2.45, 2.75) is 31.5 Å². The molecule has 0 radical (unpaired) electrons. The zero-order valence-electron chi connectivity index (χ0n) is 13.4. The molecular weight excluding hydrogens is 290 g/mol. The average Bonchev–Trinajstić information content (AvgIpc) is 2.92. The van der Waals surface area contributed by atoms with E-state index in [9.17, 15) is 4.79 Å². The van der Waals surface area contributed by atoms with E-state index in [1.807, 2.05) is 66.6 Å². The molecule has 0 N–H and O–H groups in total. The van der Waals surface area contributed by atoms with Gasteiger partial charge in [0.05, 0.1) is 19.8 Å². The Bertz CT molecular complexity index is 656. The lowest BCUT2D eigenvalue weighted by Crippen LogP contribution is -2.41. The molecule has 120 valence electrons. The maximum absolute atomic E-state index is 12.1. The van der Waals surface area contributed by atoms with Crippen LogP contribution in [0.3, 0.4) is 0 Å². The first kappa shape index (κ1) is 15.7. The highest BCUT2D eigenvalue weighted by Crippen LogP contribution is 2.40. The Morgan fingerprint density at radius 2 is 1.91 bits per heavy atom. The van der Waals surface area contributed by atoms with Gasteiger partial charge in [-0.1, -0.05) is 42.5 Å². The van der Waals surface area contributed by atoms with Crippen molar-refractivity contribution < 1.29 is 14.4 Å². The van der Waals surface area contributed by atoms with Crippen LogP contribution in [0.5, 0.6) is 5.75 Å². The van der Waals surface area contributed by atoms with Gasteiger partial charge in [-0.3, -0.25) is 4.84 Å². The van der Waals surface area contributed by atoms with Crippen LogP contribution in [0.15, 0.2) is 54.6 Å². The lowest BCUT2D eigenvalue weighted by Gasteiger charge is -2.32. The fourth-order valence-corrected chi connectivity index (χ4v) is 3.13. The van der Waals surface area contributed by atoms with Crippen molar-refractivity contribution in [2.24, 2.45) is 0 Å². The van der Waals surface area contributed by atoms with Crippen molar-refractivity contribution in [3.05, 3.63) is 65.7 Å². The van der Waals surface area contributed by atoms with Gasteiger partial charge in [-0.15, -0.1) is 0 Å². The standard InChI is InChI=1S/C19H21NO3/c1-15-12-19(14-21,17-8-10-18(22-2)11-9-17)20(23-15)13-16-6-4-3-5-7-16/h3-11,14-15H,12-13H2,1-2H3/t15-,19+/m1/s1. The number of nitrogens with zero attached hydrogens (tertiary/aromatic N) is 1. The van der Waals surface area contributed by atoms with Gasteiger partial charge in [-0.2, -0.15) is 5.06 Å². The second kappa shape index (κ2) is 6.52. The predicted molar refractivity (Wildman–Crippen MR) is 87.9 cm³/mol. The Kier molecular flexibility index (Phi) is 4.46. The predicted octanol–water partition coefficient (Wildman–Crippen LogP) is 3.32. The summed E-state index contributed by atoms with van der Waals surface area (Å²) in [5, 5.41) is 1.81. The third-order valence-corrected chi connectivity index (χ3v) is 4.30. The molecule has 1 fully saturated rings. The van der Waals surface area contributed by atoms with Crippen LogP contribution in [-0.4, -0.2) is 24.6 Å². The van der Waals surface area contributed by atoms with Crippen molar-refractivity contribution in [3.63, 3.8) is 0 Å². The quantitative estimate of drug-likeness (QED) is 0.794. The molecule has 0 spiro atoms. The maximum atomic E-state index is 12.1. The Balaban J connectivity index is 1.94. The van der Waals surface area contributed by atoms with Crippen LogP contribution >= 0.6 is 0 Å². The van der Waals surface area contributed by atoms with Gasteiger partial charge in [0.15, 0.2) is 0 Å². The lowest BCUT2D eigenvalue weighted by atomic mass is 9.86. The fourth-order valence-electron chi connectivity index (χ4n) is 3.13. The minimum absolute atomic E-state index is 0.00832. The Morgan fingerprint density at radius 1 is 1.22 bits per heavy atom. The summed E-state index contributed by atoms with van der Waals surface area (Å²) in [6, 6.07) is 17.7. The molecule has 0 aromatic heterocycles. The van der Waals surface area contributed by atoms with Crippen LogP contribution in [0.25, 0.3) is 0 Å². The minimum atomic E-state index is -0.762. The SMILES string of the molecule is COc1ccc([C@@]2(C=O)C[C@@H](C)ON2Cc2ccccc2)cc1. The number of benzene rings is 2. The highest BCUT2D eigenvalue weighted by molar-refractivity contribution is 5.68. The van der Waals surface area contributed by atoms with Gasteiger partial charge in [-0.05, 0) is 30.2 Å². The number of methoxy groups -OCH3 is 1. The summed E-state index contributed by atoms with van der Waals surface area (Å²) in [7, 11) is 1.63. The van der Waals surface area contributed by atoms with Crippen LogP contribution in [0.4, 0.5) is 0 Å². The van der Waals surface area contributed by atoms with E-state index in [2.05, 4.69) is 0 Å². The monoisotopic (exact) mass is 311 g/mol. The van der Waals surface area contributed by atoms with Gasteiger partial charge >= 0.3 is 0 Å². The van der Waals surface area contributed by atoms with E-state index in [0.717, 1.165) is 23.2 Å². The number of hydroxylamine groups is 2. The molecular formula is C19H21NO3. The molecule has 0 aliphatic carbocycles. The molecule has 2 atom stereocenters. The molecule has 4 heteroatoms. The zero-order valence-corrected chi connectivity index (χ0v) is 13.4. The van der Waals surface area contributed by atoms with E-state index in [-0.39, 0.29) is 6.10 Å². The van der Waals surface area contributed by atoms with Crippen LogP contribution in [0.2, 0.25) is 0 Å². The number of hydrogen-bond donors (Lipinski definition) is 0. The molecule has 0 unspecified atom stereocenters. The molecule has 2 aromatic carbocycles. The summed E-state index contributed by atoms with van der Waals surface area (Å²) in [4.78, 5) is 18.0. The number of ether oxygens (including phenoxy) is 1. The first-order valence-electron chi connectivity index (χ1n) is 7.77. The van der Waals surface area contributed by atoms with E-state index < -0.39 is 5.54 Å². The molecule has 4 nitrogen and oxygen atoms in total. The smallest absolute Gasteiger partial charge is 0.147 e. The summed E-state index contributed by atoms with van der Waals surface area (Å²) in [5.41, 5.74) is 1.27. The average molecular weight is 311 g/mol. The van der Waals surface area contributed by atoms with Crippen LogP contribution in [0.1, 0.15) is 24.5 Å². The van der Waals surface area contributed by atoms with Crippen molar-refractivity contribution in [1.29, 1.82) is 0 Å². The first-order valence-corrected chi connectivity index (χ1v) is 7.77. The van der Waals surface area contributed by atoms with E-state index in [0.29, 0.717) is 13.0 Å². The van der Waals surface area contributed by atoms with Gasteiger partial charge in [0, 0.05) is 6.42 Å². The Labute approximate surface area is 136 Å². The van der Waals surface area contributed by atoms with Crippen LogP contribution < -0.4 is 4.74 Å². The lowest BCUT2D eigenvalue weighted by molar-refractivity contribution is -0.191. The molecule has 0 amide bonds. The van der Waals surface area contributed by atoms with Gasteiger partial charge in [0.2, 0.25) is 0 Å². The second-order valence-corrected chi connectivity index (χ2v) is 5.91. The van der Waals surface area contributed by atoms with Gasteiger partial charge < -0.3 is 9.53 Å². The molecule has 2 aromatic rings.